The molecule has 0 radical (unpaired) electrons. The third-order valence-electron chi connectivity index (χ3n) is 3.48. The van der Waals surface area contributed by atoms with Gasteiger partial charge in [-0.05, 0) is 31.5 Å². The Bertz CT molecular complexity index is 730. The number of nitrogens with zero attached hydrogens (tertiary/aromatic N) is 3. The lowest BCUT2D eigenvalue weighted by molar-refractivity contribution is 0.736. The Hall–Kier alpha value is -2.01. The van der Waals surface area contributed by atoms with E-state index < -0.39 is 0 Å². The quantitative estimate of drug-likeness (QED) is 0.827. The molecule has 2 aromatic rings. The summed E-state index contributed by atoms with van der Waals surface area (Å²) in [6.45, 7) is 3.56. The molecule has 0 saturated carbocycles. The minimum atomic E-state index is 0.0127. The smallest absolute Gasteiger partial charge is 0.259 e. The van der Waals surface area contributed by atoms with Crippen molar-refractivity contribution in [2.24, 2.45) is 7.05 Å². The standard InChI is InChI=1S/C14H16N4O/c1-9-16-8-11-7-12(10-3-5-15-6-4-10)14(19)18(2)13(11)17-9/h3,7-8,15H,4-6H2,1-2H3. The summed E-state index contributed by atoms with van der Waals surface area (Å²) in [6.07, 6.45) is 4.75. The summed E-state index contributed by atoms with van der Waals surface area (Å²) in [5.41, 5.74) is 2.58. The second-order valence-electron chi connectivity index (χ2n) is 4.80. The first-order chi connectivity index (χ1) is 9.16. The van der Waals surface area contributed by atoms with Crippen LogP contribution in [0.1, 0.15) is 17.8 Å². The first-order valence-electron chi connectivity index (χ1n) is 6.40. The maximum atomic E-state index is 12.4. The Morgan fingerprint density at radius 3 is 3.00 bits per heavy atom. The van der Waals surface area contributed by atoms with Crippen molar-refractivity contribution in [3.63, 3.8) is 0 Å². The van der Waals surface area contributed by atoms with Crippen LogP contribution < -0.4 is 10.9 Å². The Labute approximate surface area is 111 Å². The topological polar surface area (TPSA) is 59.8 Å². The zero-order chi connectivity index (χ0) is 13.4. The minimum Gasteiger partial charge on any atom is -0.313 e. The molecule has 2 aromatic heterocycles. The summed E-state index contributed by atoms with van der Waals surface area (Å²) >= 11 is 0. The SMILES string of the molecule is Cc1ncc2cc(C3=CCNCC3)c(=O)n(C)c2n1. The van der Waals surface area contributed by atoms with Crippen LogP contribution in [0.2, 0.25) is 0 Å². The van der Waals surface area contributed by atoms with Gasteiger partial charge in [-0.1, -0.05) is 6.08 Å². The van der Waals surface area contributed by atoms with Crippen molar-refractivity contribution in [1.29, 1.82) is 0 Å². The average Bonchev–Trinajstić information content (AvgIpc) is 2.44. The Morgan fingerprint density at radius 2 is 2.26 bits per heavy atom. The van der Waals surface area contributed by atoms with Crippen LogP contribution in [0.15, 0.2) is 23.1 Å². The second kappa shape index (κ2) is 4.59. The van der Waals surface area contributed by atoms with Gasteiger partial charge in [0.2, 0.25) is 0 Å². The van der Waals surface area contributed by atoms with Gasteiger partial charge in [0.05, 0.1) is 0 Å². The van der Waals surface area contributed by atoms with E-state index in [9.17, 15) is 4.79 Å². The first-order valence-corrected chi connectivity index (χ1v) is 6.40. The Kier molecular flexibility index (Phi) is 2.91. The zero-order valence-electron chi connectivity index (χ0n) is 11.1. The third kappa shape index (κ3) is 2.06. The Balaban J connectivity index is 2.27. The maximum absolute atomic E-state index is 12.4. The summed E-state index contributed by atoms with van der Waals surface area (Å²) in [6, 6.07) is 1.91. The van der Waals surface area contributed by atoms with Gasteiger partial charge in [0.15, 0.2) is 0 Å². The highest BCUT2D eigenvalue weighted by molar-refractivity contribution is 5.80. The summed E-state index contributed by atoms with van der Waals surface area (Å²) in [7, 11) is 1.77. The molecule has 1 N–H and O–H groups in total. The second-order valence-corrected chi connectivity index (χ2v) is 4.80. The number of aromatic nitrogens is 3. The van der Waals surface area contributed by atoms with E-state index >= 15 is 0 Å². The molecule has 0 amide bonds. The lowest BCUT2D eigenvalue weighted by Crippen LogP contribution is -2.26. The number of hydrogen-bond acceptors (Lipinski definition) is 4. The molecule has 0 aliphatic carbocycles. The summed E-state index contributed by atoms with van der Waals surface area (Å²) < 4.78 is 1.61. The highest BCUT2D eigenvalue weighted by Gasteiger charge is 2.13. The molecule has 0 fully saturated rings. The molecule has 0 aromatic carbocycles. The van der Waals surface area contributed by atoms with Crippen molar-refractivity contribution in [3.8, 4) is 0 Å². The largest absolute Gasteiger partial charge is 0.313 e. The predicted octanol–water partition coefficient (Wildman–Crippen LogP) is 1.01. The number of rotatable bonds is 1. The predicted molar refractivity (Wildman–Crippen MR) is 75.0 cm³/mol. The lowest BCUT2D eigenvalue weighted by atomic mass is 10.0. The van der Waals surface area contributed by atoms with E-state index in [1.165, 1.54) is 0 Å². The van der Waals surface area contributed by atoms with Crippen molar-refractivity contribution in [3.05, 3.63) is 40.1 Å². The van der Waals surface area contributed by atoms with E-state index in [1.807, 2.05) is 13.0 Å². The van der Waals surface area contributed by atoms with Crippen LogP contribution >= 0.6 is 0 Å². The molecule has 0 saturated heterocycles. The van der Waals surface area contributed by atoms with E-state index in [-0.39, 0.29) is 5.56 Å². The molecule has 0 spiro atoms. The molecule has 0 atom stereocenters. The van der Waals surface area contributed by atoms with Crippen molar-refractivity contribution < 1.29 is 0 Å². The van der Waals surface area contributed by atoms with Crippen molar-refractivity contribution >= 4 is 16.6 Å². The molecule has 3 heterocycles. The van der Waals surface area contributed by atoms with Crippen LogP contribution in [-0.4, -0.2) is 27.6 Å². The molecule has 19 heavy (non-hydrogen) atoms. The third-order valence-corrected chi connectivity index (χ3v) is 3.48. The lowest BCUT2D eigenvalue weighted by Gasteiger charge is -2.15. The van der Waals surface area contributed by atoms with E-state index in [1.54, 1.807) is 17.8 Å². The number of hydrogen-bond donors (Lipinski definition) is 1. The van der Waals surface area contributed by atoms with E-state index in [0.29, 0.717) is 11.5 Å². The number of fused-ring (bicyclic) bond motifs is 1. The highest BCUT2D eigenvalue weighted by atomic mass is 16.1. The fourth-order valence-corrected chi connectivity index (χ4v) is 2.43. The fraction of sp³-hybridized carbons (Fsp3) is 0.357. The summed E-state index contributed by atoms with van der Waals surface area (Å²) in [4.78, 5) is 21.0. The number of aryl methyl sites for hydroxylation is 2. The van der Waals surface area contributed by atoms with Crippen LogP contribution in [0.25, 0.3) is 16.6 Å². The van der Waals surface area contributed by atoms with Crippen LogP contribution in [0, 0.1) is 6.92 Å². The molecule has 3 rings (SSSR count). The van der Waals surface area contributed by atoms with Crippen LogP contribution in [0.3, 0.4) is 0 Å². The van der Waals surface area contributed by atoms with Crippen molar-refractivity contribution in [2.75, 3.05) is 13.1 Å². The van der Waals surface area contributed by atoms with E-state index in [0.717, 1.165) is 36.0 Å². The molecule has 5 heteroatoms. The van der Waals surface area contributed by atoms with Gasteiger partial charge in [-0.25, -0.2) is 9.97 Å². The van der Waals surface area contributed by atoms with Crippen molar-refractivity contribution in [1.82, 2.24) is 19.9 Å². The van der Waals surface area contributed by atoms with E-state index in [4.69, 9.17) is 0 Å². The van der Waals surface area contributed by atoms with Crippen LogP contribution in [-0.2, 0) is 7.05 Å². The van der Waals surface area contributed by atoms with E-state index in [2.05, 4.69) is 21.4 Å². The van der Waals surface area contributed by atoms with Crippen LogP contribution in [0.5, 0.6) is 0 Å². The zero-order valence-corrected chi connectivity index (χ0v) is 11.1. The molecule has 5 nitrogen and oxygen atoms in total. The monoisotopic (exact) mass is 256 g/mol. The highest BCUT2D eigenvalue weighted by Crippen LogP contribution is 2.19. The summed E-state index contributed by atoms with van der Waals surface area (Å²) in [5.74, 6) is 0.677. The molecular weight excluding hydrogens is 240 g/mol. The molecule has 1 aliphatic rings. The molecule has 0 unspecified atom stereocenters. The molecule has 0 bridgehead atoms. The van der Waals surface area contributed by atoms with Gasteiger partial charge in [0.25, 0.3) is 5.56 Å². The first kappa shape index (κ1) is 12.0. The van der Waals surface area contributed by atoms with Crippen molar-refractivity contribution in [2.45, 2.75) is 13.3 Å². The number of pyridine rings is 1. The Morgan fingerprint density at radius 1 is 1.42 bits per heavy atom. The van der Waals surface area contributed by atoms with Gasteiger partial charge in [-0.15, -0.1) is 0 Å². The normalized spacial score (nSPS) is 15.6. The van der Waals surface area contributed by atoms with Crippen LogP contribution in [0.4, 0.5) is 0 Å². The van der Waals surface area contributed by atoms with Gasteiger partial charge in [-0.2, -0.15) is 0 Å². The number of nitrogens with one attached hydrogen (secondary N) is 1. The molecular formula is C14H16N4O. The molecule has 1 aliphatic heterocycles. The fourth-order valence-electron chi connectivity index (χ4n) is 2.43. The minimum absolute atomic E-state index is 0.0127. The average molecular weight is 256 g/mol. The van der Waals surface area contributed by atoms with Gasteiger partial charge in [0, 0.05) is 30.7 Å². The maximum Gasteiger partial charge on any atom is 0.259 e. The van der Waals surface area contributed by atoms with Gasteiger partial charge in [0.1, 0.15) is 11.5 Å². The summed E-state index contributed by atoms with van der Waals surface area (Å²) in [5, 5.41) is 4.16. The van der Waals surface area contributed by atoms with Gasteiger partial charge in [-0.3, -0.25) is 9.36 Å². The van der Waals surface area contributed by atoms with Gasteiger partial charge < -0.3 is 5.32 Å². The molecule has 98 valence electrons. The van der Waals surface area contributed by atoms with Gasteiger partial charge >= 0.3 is 0 Å².